The maximum atomic E-state index is 12.9. The SMILES string of the molecule is CCCCC/C=C\C/C=C\C/C=C\C/C=C\C/C=C\CCC(=O)OC[C@H](COC(=O)CCC/C=C\C/C=C\C/C=C\CCCCCCCC)OC(=O)CCCCCCCCCCC/C=C\C/C=C\CCCCC. The van der Waals surface area contributed by atoms with Gasteiger partial charge in [0.15, 0.2) is 6.10 Å². The van der Waals surface area contributed by atoms with Gasteiger partial charge >= 0.3 is 17.9 Å². The summed E-state index contributed by atoms with van der Waals surface area (Å²) in [4.78, 5) is 38.2. The second-order valence-corrected chi connectivity index (χ2v) is 19.5. The zero-order chi connectivity index (χ0) is 52.9. The highest BCUT2D eigenvalue weighted by atomic mass is 16.6. The summed E-state index contributed by atoms with van der Waals surface area (Å²) in [7, 11) is 0. The molecule has 0 bridgehead atoms. The molecule has 0 spiro atoms. The van der Waals surface area contributed by atoms with Gasteiger partial charge < -0.3 is 14.2 Å². The van der Waals surface area contributed by atoms with E-state index in [1.807, 2.05) is 6.08 Å². The molecule has 0 aliphatic heterocycles. The zero-order valence-corrected chi connectivity index (χ0v) is 47.4. The highest BCUT2D eigenvalue weighted by Gasteiger charge is 2.19. The molecule has 1 atom stereocenters. The van der Waals surface area contributed by atoms with E-state index in [4.69, 9.17) is 14.2 Å². The van der Waals surface area contributed by atoms with E-state index in [0.29, 0.717) is 19.3 Å². The van der Waals surface area contributed by atoms with Crippen LogP contribution in [0.1, 0.15) is 265 Å². The topological polar surface area (TPSA) is 78.9 Å². The highest BCUT2D eigenvalue weighted by molar-refractivity contribution is 5.71. The Labute approximate surface area is 450 Å². The maximum Gasteiger partial charge on any atom is 0.306 e. The van der Waals surface area contributed by atoms with Gasteiger partial charge in [0.25, 0.3) is 0 Å². The monoisotopic (exact) mass is 1010 g/mol. The number of unbranched alkanes of at least 4 members (excludes halogenated alkanes) is 22. The first-order valence-electron chi connectivity index (χ1n) is 30.0. The van der Waals surface area contributed by atoms with Crippen LogP contribution in [0.2, 0.25) is 0 Å². The van der Waals surface area contributed by atoms with Crippen LogP contribution in [0.4, 0.5) is 0 Å². The summed E-state index contributed by atoms with van der Waals surface area (Å²) in [5.41, 5.74) is 0. The second-order valence-electron chi connectivity index (χ2n) is 19.5. The average molecular weight is 1010 g/mol. The molecule has 0 unspecified atom stereocenters. The van der Waals surface area contributed by atoms with Gasteiger partial charge in [0.05, 0.1) is 0 Å². The lowest BCUT2D eigenvalue weighted by molar-refractivity contribution is -0.166. The van der Waals surface area contributed by atoms with Gasteiger partial charge in [-0.05, 0) is 122 Å². The molecule has 0 aromatic carbocycles. The molecule has 0 radical (unpaired) electrons. The van der Waals surface area contributed by atoms with E-state index in [1.54, 1.807) is 0 Å². The summed E-state index contributed by atoms with van der Waals surface area (Å²) in [5.74, 6) is -1.07. The van der Waals surface area contributed by atoms with Gasteiger partial charge in [-0.25, -0.2) is 0 Å². The molecular weight excluding hydrogens is 901 g/mol. The smallest absolute Gasteiger partial charge is 0.306 e. The molecule has 0 aromatic rings. The van der Waals surface area contributed by atoms with Crippen LogP contribution in [-0.4, -0.2) is 37.2 Å². The van der Waals surface area contributed by atoms with Crippen LogP contribution in [0.3, 0.4) is 0 Å². The summed E-state index contributed by atoms with van der Waals surface area (Å²) < 4.78 is 16.8. The molecule has 0 heterocycles. The van der Waals surface area contributed by atoms with Gasteiger partial charge in [0.1, 0.15) is 13.2 Å². The van der Waals surface area contributed by atoms with Crippen LogP contribution >= 0.6 is 0 Å². The predicted octanol–water partition coefficient (Wildman–Crippen LogP) is 20.4. The number of esters is 3. The quantitative estimate of drug-likeness (QED) is 0.0261. The van der Waals surface area contributed by atoms with E-state index in [0.717, 1.165) is 70.6 Å². The Balaban J connectivity index is 4.58. The van der Waals surface area contributed by atoms with Crippen LogP contribution in [0, 0.1) is 0 Å². The largest absolute Gasteiger partial charge is 0.462 e. The number of hydrogen-bond donors (Lipinski definition) is 0. The van der Waals surface area contributed by atoms with E-state index in [1.165, 1.54) is 141 Å². The van der Waals surface area contributed by atoms with Gasteiger partial charge in [-0.2, -0.15) is 0 Å². The normalized spacial score (nSPS) is 13.0. The third-order valence-electron chi connectivity index (χ3n) is 12.4. The minimum absolute atomic E-state index is 0.131. The number of carbonyl (C=O) groups is 3. The van der Waals surface area contributed by atoms with E-state index in [9.17, 15) is 14.4 Å². The summed E-state index contributed by atoms with van der Waals surface area (Å²) in [6.07, 6.45) is 83.5. The van der Waals surface area contributed by atoms with Crippen molar-refractivity contribution in [2.45, 2.75) is 271 Å². The second kappa shape index (κ2) is 60.4. The number of hydrogen-bond acceptors (Lipinski definition) is 6. The molecule has 0 aliphatic rings. The molecule has 0 amide bonds. The van der Waals surface area contributed by atoms with Crippen LogP contribution in [-0.2, 0) is 28.6 Å². The van der Waals surface area contributed by atoms with Crippen LogP contribution in [0.15, 0.2) is 122 Å². The number of rotatable bonds is 53. The zero-order valence-electron chi connectivity index (χ0n) is 47.4. The number of carbonyl (C=O) groups excluding carboxylic acids is 3. The summed E-state index contributed by atoms with van der Waals surface area (Å²) >= 11 is 0. The molecule has 6 heteroatoms. The molecule has 0 N–H and O–H groups in total. The third-order valence-corrected chi connectivity index (χ3v) is 12.4. The Morgan fingerprint density at radius 1 is 0.274 bits per heavy atom. The van der Waals surface area contributed by atoms with Crippen molar-refractivity contribution in [2.75, 3.05) is 13.2 Å². The fraction of sp³-hybridized carbons (Fsp3) is 0.657. The molecule has 0 aliphatic carbocycles. The molecule has 0 saturated carbocycles. The first-order valence-corrected chi connectivity index (χ1v) is 30.0. The fourth-order valence-corrected chi connectivity index (χ4v) is 7.88. The van der Waals surface area contributed by atoms with Crippen LogP contribution in [0.5, 0.6) is 0 Å². The van der Waals surface area contributed by atoms with Gasteiger partial charge in [-0.3, -0.25) is 14.4 Å². The van der Waals surface area contributed by atoms with Gasteiger partial charge in [0, 0.05) is 19.3 Å². The Morgan fingerprint density at radius 2 is 0.534 bits per heavy atom. The van der Waals surface area contributed by atoms with Gasteiger partial charge in [-0.1, -0.05) is 245 Å². The minimum atomic E-state index is -0.835. The Hall–Kier alpha value is -4.19. The molecular formula is C67H110O6. The van der Waals surface area contributed by atoms with Crippen molar-refractivity contribution in [3.05, 3.63) is 122 Å². The van der Waals surface area contributed by atoms with Crippen molar-refractivity contribution < 1.29 is 28.6 Å². The van der Waals surface area contributed by atoms with E-state index < -0.39 is 6.10 Å². The Morgan fingerprint density at radius 3 is 0.918 bits per heavy atom. The fourth-order valence-electron chi connectivity index (χ4n) is 7.88. The predicted molar refractivity (Wildman–Crippen MR) is 316 cm³/mol. The van der Waals surface area contributed by atoms with Crippen molar-refractivity contribution in [3.63, 3.8) is 0 Å². The summed E-state index contributed by atoms with van der Waals surface area (Å²) in [6.45, 7) is 6.47. The summed E-state index contributed by atoms with van der Waals surface area (Å²) in [6, 6.07) is 0. The van der Waals surface area contributed by atoms with Crippen LogP contribution < -0.4 is 0 Å². The maximum absolute atomic E-state index is 12.9. The Kier molecular flexibility index (Phi) is 56.9. The van der Waals surface area contributed by atoms with Crippen LogP contribution in [0.25, 0.3) is 0 Å². The van der Waals surface area contributed by atoms with Gasteiger partial charge in [0.2, 0.25) is 0 Å². The molecule has 0 aromatic heterocycles. The number of allylic oxidation sites excluding steroid dienone is 20. The van der Waals surface area contributed by atoms with E-state index >= 15 is 0 Å². The van der Waals surface area contributed by atoms with Crippen molar-refractivity contribution >= 4 is 17.9 Å². The standard InChI is InChI=1S/C67H110O6/c1-4-7-10-13-16-19-22-25-28-31-33-36-39-42-45-48-51-54-57-60-66(69)72-63-64(62-71-65(68)59-56-53-50-47-44-41-38-35-30-27-24-21-18-15-12-9-6-3)73-67(70)61-58-55-52-49-46-43-40-37-34-32-29-26-23-20-17-14-11-8-5-2/h16-17,19-20,25-30,33,36,38,41-42,45,47,50-51,54,64H,4-15,18,21-24,31-32,34-35,37,39-40,43-44,46,48-49,52-53,55-63H2,1-3H3/b19-16-,20-17-,28-25-,29-26-,30-27-,36-33-,41-38-,45-42-,50-47-,54-51-/t64-/m0/s1. The van der Waals surface area contributed by atoms with Crippen molar-refractivity contribution in [1.82, 2.24) is 0 Å². The third kappa shape index (κ3) is 58.6. The molecule has 6 nitrogen and oxygen atoms in total. The molecule has 0 fully saturated rings. The highest BCUT2D eigenvalue weighted by Crippen LogP contribution is 2.14. The molecule has 0 saturated heterocycles. The first-order chi connectivity index (χ1) is 36.0. The van der Waals surface area contributed by atoms with Gasteiger partial charge in [-0.15, -0.1) is 0 Å². The van der Waals surface area contributed by atoms with E-state index in [2.05, 4.69) is 136 Å². The lowest BCUT2D eigenvalue weighted by atomic mass is 10.1. The lowest BCUT2D eigenvalue weighted by Gasteiger charge is -2.18. The summed E-state index contributed by atoms with van der Waals surface area (Å²) in [5, 5.41) is 0. The Bertz CT molecular complexity index is 1540. The molecule has 414 valence electrons. The van der Waals surface area contributed by atoms with Crippen molar-refractivity contribution in [2.24, 2.45) is 0 Å². The lowest BCUT2D eigenvalue weighted by Crippen LogP contribution is -2.30. The molecule has 0 rings (SSSR count). The minimum Gasteiger partial charge on any atom is -0.462 e. The van der Waals surface area contributed by atoms with Crippen molar-refractivity contribution in [3.8, 4) is 0 Å². The van der Waals surface area contributed by atoms with Crippen molar-refractivity contribution in [1.29, 1.82) is 0 Å². The average Bonchev–Trinajstić information content (AvgIpc) is 3.39. The molecule has 73 heavy (non-hydrogen) atoms. The number of ether oxygens (including phenoxy) is 3. The first kappa shape index (κ1) is 68.8. The van der Waals surface area contributed by atoms with E-state index in [-0.39, 0.29) is 44.0 Å².